The van der Waals surface area contributed by atoms with Crippen molar-refractivity contribution in [2.75, 3.05) is 14.1 Å². The van der Waals surface area contributed by atoms with E-state index in [1.165, 1.54) is 17.6 Å². The van der Waals surface area contributed by atoms with Gasteiger partial charge in [-0.3, -0.25) is 4.90 Å². The lowest BCUT2D eigenvalue weighted by Gasteiger charge is -2.18. The van der Waals surface area contributed by atoms with Crippen molar-refractivity contribution in [1.82, 2.24) is 4.90 Å². The predicted molar refractivity (Wildman–Crippen MR) is 39.7 cm³/mol. The average molecular weight is 139 g/mol. The second kappa shape index (κ2) is 1.46. The van der Waals surface area contributed by atoms with Gasteiger partial charge in [0.25, 0.3) is 0 Å². The summed E-state index contributed by atoms with van der Waals surface area (Å²) in [6.45, 7) is 1.85. The molecule has 0 saturated heterocycles. The van der Waals surface area contributed by atoms with Crippen LogP contribution in [0.1, 0.15) is 13.3 Å². The zero-order valence-corrected chi connectivity index (χ0v) is 6.68. The maximum absolute atomic E-state index is 9.22. The quantitative estimate of drug-likeness (QED) is 0.559. The van der Waals surface area contributed by atoms with Crippen molar-refractivity contribution >= 4 is 0 Å². The molecule has 1 saturated carbocycles. The minimum Gasteiger partial charge on any atom is -0.389 e. The van der Waals surface area contributed by atoms with Crippen molar-refractivity contribution in [2.45, 2.75) is 25.0 Å². The first-order chi connectivity index (χ1) is 4.60. The Morgan fingerprint density at radius 2 is 2.20 bits per heavy atom. The number of hydrogen-bond donors (Lipinski definition) is 1. The van der Waals surface area contributed by atoms with E-state index in [-0.39, 0.29) is 11.6 Å². The fraction of sp³-hybridized carbons (Fsp3) is 0.750. The smallest absolute Gasteiger partial charge is 0.0746 e. The Hall–Kier alpha value is -0.340. The lowest BCUT2D eigenvalue weighted by Crippen LogP contribution is -2.27. The predicted octanol–water partition coefficient (Wildman–Crippen LogP) is 0.381. The van der Waals surface area contributed by atoms with Gasteiger partial charge in [-0.15, -0.1) is 0 Å². The highest BCUT2D eigenvalue weighted by Crippen LogP contribution is 2.69. The summed E-state index contributed by atoms with van der Waals surface area (Å²) >= 11 is 0. The Morgan fingerprint density at radius 3 is 2.30 bits per heavy atom. The second-order valence-corrected chi connectivity index (χ2v) is 3.50. The number of aliphatic hydroxyl groups is 1. The molecule has 0 heterocycles. The molecule has 1 N–H and O–H groups in total. The molecule has 0 aromatic carbocycles. The summed E-state index contributed by atoms with van der Waals surface area (Å²) < 4.78 is 0. The first-order valence-corrected chi connectivity index (χ1v) is 3.70. The maximum Gasteiger partial charge on any atom is 0.0746 e. The molecule has 1 unspecified atom stereocenters. The van der Waals surface area contributed by atoms with Gasteiger partial charge in [-0.1, -0.05) is 0 Å². The van der Waals surface area contributed by atoms with Gasteiger partial charge in [0.05, 0.1) is 11.6 Å². The van der Waals surface area contributed by atoms with Gasteiger partial charge in [0.2, 0.25) is 0 Å². The SMILES string of the molecule is C[C@@H](O)C1=C2CC21N(C)C. The lowest BCUT2D eigenvalue weighted by atomic mass is 10.1. The largest absolute Gasteiger partial charge is 0.389 e. The second-order valence-electron chi connectivity index (χ2n) is 3.50. The number of likely N-dealkylation sites (N-methyl/N-ethyl adjacent to an activating group) is 1. The molecular formula is C8H13NO. The van der Waals surface area contributed by atoms with Crippen molar-refractivity contribution in [2.24, 2.45) is 0 Å². The molecule has 56 valence electrons. The first kappa shape index (κ1) is 6.38. The van der Waals surface area contributed by atoms with E-state index in [0.717, 1.165) is 0 Å². The van der Waals surface area contributed by atoms with Crippen LogP contribution in [-0.2, 0) is 0 Å². The monoisotopic (exact) mass is 139 g/mol. The topological polar surface area (TPSA) is 23.5 Å². The number of nitrogens with zero attached hydrogens (tertiary/aromatic N) is 1. The third kappa shape index (κ3) is 0.478. The highest BCUT2D eigenvalue weighted by atomic mass is 16.3. The number of hydrogen-bond acceptors (Lipinski definition) is 2. The van der Waals surface area contributed by atoms with E-state index in [1.807, 2.05) is 6.92 Å². The summed E-state index contributed by atoms with van der Waals surface area (Å²) in [6, 6.07) is 0. The van der Waals surface area contributed by atoms with Crippen LogP contribution in [0.2, 0.25) is 0 Å². The van der Waals surface area contributed by atoms with Crippen molar-refractivity contribution < 1.29 is 5.11 Å². The molecule has 2 atom stereocenters. The number of aliphatic hydroxyl groups excluding tert-OH is 1. The van der Waals surface area contributed by atoms with Crippen LogP contribution in [0, 0.1) is 0 Å². The van der Waals surface area contributed by atoms with Crippen molar-refractivity contribution in [1.29, 1.82) is 0 Å². The molecule has 0 amide bonds. The van der Waals surface area contributed by atoms with Gasteiger partial charge in [0.15, 0.2) is 0 Å². The summed E-state index contributed by atoms with van der Waals surface area (Å²) in [5.41, 5.74) is 3.03. The molecule has 1 fully saturated rings. The van der Waals surface area contributed by atoms with Gasteiger partial charge in [-0.05, 0) is 38.6 Å². The molecule has 0 aromatic rings. The normalized spacial score (nSPS) is 38.1. The summed E-state index contributed by atoms with van der Waals surface area (Å²) in [6.07, 6.45) is 0.978. The van der Waals surface area contributed by atoms with Gasteiger partial charge in [-0.25, -0.2) is 0 Å². The third-order valence-corrected chi connectivity index (χ3v) is 2.70. The molecule has 2 nitrogen and oxygen atoms in total. The Kier molecular flexibility index (Phi) is 0.930. The highest BCUT2D eigenvalue weighted by molar-refractivity contribution is 5.72. The summed E-state index contributed by atoms with van der Waals surface area (Å²) in [7, 11) is 4.14. The molecule has 0 bridgehead atoms. The van der Waals surface area contributed by atoms with E-state index < -0.39 is 0 Å². The van der Waals surface area contributed by atoms with Gasteiger partial charge < -0.3 is 5.11 Å². The van der Waals surface area contributed by atoms with Crippen molar-refractivity contribution in [3.05, 3.63) is 11.1 Å². The van der Waals surface area contributed by atoms with Crippen molar-refractivity contribution in [3.8, 4) is 0 Å². The van der Waals surface area contributed by atoms with E-state index >= 15 is 0 Å². The molecule has 2 heteroatoms. The first-order valence-electron chi connectivity index (χ1n) is 3.70. The molecule has 10 heavy (non-hydrogen) atoms. The molecule has 0 spiro atoms. The Bertz CT molecular complexity index is 217. The Labute approximate surface area is 61.1 Å². The number of fused-ring (bicyclic) bond motifs is 1. The van der Waals surface area contributed by atoms with Crippen LogP contribution in [0.5, 0.6) is 0 Å². The minimum atomic E-state index is -0.217. The molecule has 0 aromatic heterocycles. The van der Waals surface area contributed by atoms with E-state index in [4.69, 9.17) is 0 Å². The van der Waals surface area contributed by atoms with Crippen LogP contribution in [0.15, 0.2) is 11.1 Å². The fourth-order valence-electron chi connectivity index (χ4n) is 1.95. The summed E-state index contributed by atoms with van der Waals surface area (Å²) in [4.78, 5) is 2.20. The van der Waals surface area contributed by atoms with Crippen LogP contribution in [0.4, 0.5) is 0 Å². The minimum absolute atomic E-state index is 0.217. The third-order valence-electron chi connectivity index (χ3n) is 2.70. The van der Waals surface area contributed by atoms with Crippen LogP contribution in [-0.4, -0.2) is 35.7 Å². The molecule has 0 radical (unpaired) electrons. The molecule has 0 aliphatic heterocycles. The molecule has 2 aliphatic rings. The van der Waals surface area contributed by atoms with Crippen LogP contribution >= 0.6 is 0 Å². The van der Waals surface area contributed by atoms with Gasteiger partial charge in [0, 0.05) is 0 Å². The fourth-order valence-corrected chi connectivity index (χ4v) is 1.95. The van der Waals surface area contributed by atoms with Crippen LogP contribution in [0.25, 0.3) is 0 Å². The van der Waals surface area contributed by atoms with Gasteiger partial charge >= 0.3 is 0 Å². The standard InChI is InChI=1S/C8H13NO/c1-5(10)7-6-4-8(6,7)9(2)3/h5,10H,4H2,1-3H3/t5-,8?/m1/s1. The van der Waals surface area contributed by atoms with Crippen LogP contribution < -0.4 is 0 Å². The van der Waals surface area contributed by atoms with E-state index in [9.17, 15) is 5.11 Å². The lowest BCUT2D eigenvalue weighted by molar-refractivity contribution is 0.210. The highest BCUT2D eigenvalue weighted by Gasteiger charge is 2.69. The van der Waals surface area contributed by atoms with E-state index in [2.05, 4.69) is 19.0 Å². The zero-order chi connectivity index (χ0) is 7.52. The Morgan fingerprint density at radius 1 is 1.60 bits per heavy atom. The summed E-state index contributed by atoms with van der Waals surface area (Å²) in [5, 5.41) is 9.22. The Balaban J connectivity index is 2.10. The van der Waals surface area contributed by atoms with Gasteiger partial charge in [0.1, 0.15) is 0 Å². The summed E-state index contributed by atoms with van der Waals surface area (Å²) in [5.74, 6) is 0. The maximum atomic E-state index is 9.22. The van der Waals surface area contributed by atoms with E-state index in [0.29, 0.717) is 0 Å². The zero-order valence-electron chi connectivity index (χ0n) is 6.68. The van der Waals surface area contributed by atoms with Gasteiger partial charge in [-0.2, -0.15) is 0 Å². The number of rotatable bonds is 2. The van der Waals surface area contributed by atoms with E-state index in [1.54, 1.807) is 0 Å². The molecule has 2 aliphatic carbocycles. The van der Waals surface area contributed by atoms with Crippen molar-refractivity contribution in [3.63, 3.8) is 0 Å². The molecule has 2 rings (SSSR count). The average Bonchev–Trinajstić information content (AvgIpc) is 2.41. The molecular weight excluding hydrogens is 126 g/mol. The van der Waals surface area contributed by atoms with Crippen LogP contribution in [0.3, 0.4) is 0 Å².